The first kappa shape index (κ1) is 15.5. The van der Waals surface area contributed by atoms with Gasteiger partial charge in [0.15, 0.2) is 0 Å². The Morgan fingerprint density at radius 1 is 1.55 bits per heavy atom. The summed E-state index contributed by atoms with van der Waals surface area (Å²) in [5, 5.41) is 6.26. The number of amides is 1. The number of halogens is 1. The standard InChI is InChI=1S/C15H21BrN2O2/c1-10(9-12-5-3-4-6-13(12)16)18-15(19)14-11(2)20-8-7-17-14/h3-6,10-11,14,17H,7-9H2,1-2H3,(H,18,19)/t10?,11-,14+/m1/s1. The van der Waals surface area contributed by atoms with Crippen molar-refractivity contribution in [3.63, 3.8) is 0 Å². The zero-order chi connectivity index (χ0) is 14.5. The van der Waals surface area contributed by atoms with Crippen molar-refractivity contribution >= 4 is 21.8 Å². The summed E-state index contributed by atoms with van der Waals surface area (Å²) in [6, 6.07) is 7.90. The highest BCUT2D eigenvalue weighted by Gasteiger charge is 2.28. The minimum Gasteiger partial charge on any atom is -0.375 e. The summed E-state index contributed by atoms with van der Waals surface area (Å²) in [4.78, 5) is 12.2. The molecule has 20 heavy (non-hydrogen) atoms. The van der Waals surface area contributed by atoms with E-state index in [2.05, 4.69) is 32.6 Å². The molecule has 5 heteroatoms. The van der Waals surface area contributed by atoms with Gasteiger partial charge in [-0.3, -0.25) is 4.79 Å². The fourth-order valence-electron chi connectivity index (χ4n) is 2.40. The SMILES string of the molecule is CC(Cc1ccccc1Br)NC(=O)[C@H]1NCCO[C@@H]1C. The molecule has 1 heterocycles. The van der Waals surface area contributed by atoms with Crippen molar-refractivity contribution in [2.75, 3.05) is 13.2 Å². The van der Waals surface area contributed by atoms with Crippen LogP contribution >= 0.6 is 15.9 Å². The second-order valence-electron chi connectivity index (χ2n) is 5.21. The second-order valence-corrected chi connectivity index (χ2v) is 6.07. The van der Waals surface area contributed by atoms with Crippen molar-refractivity contribution in [1.29, 1.82) is 0 Å². The molecule has 1 amide bonds. The van der Waals surface area contributed by atoms with E-state index < -0.39 is 0 Å². The van der Waals surface area contributed by atoms with Gasteiger partial charge in [-0.15, -0.1) is 0 Å². The Labute approximate surface area is 128 Å². The summed E-state index contributed by atoms with van der Waals surface area (Å²) in [6.07, 6.45) is 0.717. The highest BCUT2D eigenvalue weighted by atomic mass is 79.9. The quantitative estimate of drug-likeness (QED) is 0.879. The predicted molar refractivity (Wildman–Crippen MR) is 82.7 cm³/mol. The number of hydrogen-bond donors (Lipinski definition) is 2. The molecule has 0 radical (unpaired) electrons. The van der Waals surface area contributed by atoms with Crippen LogP contribution in [0.25, 0.3) is 0 Å². The Bertz CT molecular complexity index is 467. The number of ether oxygens (including phenoxy) is 1. The van der Waals surface area contributed by atoms with Gasteiger partial charge in [0.25, 0.3) is 0 Å². The Balaban J connectivity index is 1.89. The van der Waals surface area contributed by atoms with Gasteiger partial charge < -0.3 is 15.4 Å². The lowest BCUT2D eigenvalue weighted by Crippen LogP contribution is -2.56. The van der Waals surface area contributed by atoms with Crippen LogP contribution in [0.1, 0.15) is 19.4 Å². The van der Waals surface area contributed by atoms with Gasteiger partial charge in [-0.05, 0) is 31.9 Å². The molecule has 0 bridgehead atoms. The van der Waals surface area contributed by atoms with Gasteiger partial charge in [-0.25, -0.2) is 0 Å². The van der Waals surface area contributed by atoms with Crippen molar-refractivity contribution in [2.45, 2.75) is 38.5 Å². The Hall–Kier alpha value is -0.910. The van der Waals surface area contributed by atoms with E-state index in [0.717, 1.165) is 17.4 Å². The summed E-state index contributed by atoms with van der Waals surface area (Å²) < 4.78 is 6.58. The van der Waals surface area contributed by atoms with Crippen LogP contribution < -0.4 is 10.6 Å². The van der Waals surface area contributed by atoms with Crippen molar-refractivity contribution in [3.05, 3.63) is 34.3 Å². The van der Waals surface area contributed by atoms with Gasteiger partial charge in [-0.2, -0.15) is 0 Å². The zero-order valence-electron chi connectivity index (χ0n) is 11.9. The summed E-state index contributed by atoms with van der Waals surface area (Å²) in [5.74, 6) is 0.0109. The molecule has 1 aromatic carbocycles. The minimum atomic E-state index is -0.259. The van der Waals surface area contributed by atoms with Gasteiger partial charge in [-0.1, -0.05) is 34.1 Å². The number of nitrogens with one attached hydrogen (secondary N) is 2. The fourth-order valence-corrected chi connectivity index (χ4v) is 2.85. The monoisotopic (exact) mass is 340 g/mol. The molecule has 1 saturated heterocycles. The van der Waals surface area contributed by atoms with Crippen LogP contribution in [0.15, 0.2) is 28.7 Å². The zero-order valence-corrected chi connectivity index (χ0v) is 13.4. The molecule has 0 saturated carbocycles. The van der Waals surface area contributed by atoms with E-state index in [4.69, 9.17) is 4.74 Å². The normalized spacial score (nSPS) is 24.1. The van der Waals surface area contributed by atoms with E-state index in [1.54, 1.807) is 0 Å². The van der Waals surface area contributed by atoms with Gasteiger partial charge in [0.2, 0.25) is 5.91 Å². The van der Waals surface area contributed by atoms with Gasteiger partial charge in [0, 0.05) is 17.1 Å². The summed E-state index contributed by atoms with van der Waals surface area (Å²) in [5.41, 5.74) is 1.20. The van der Waals surface area contributed by atoms with E-state index in [0.29, 0.717) is 6.61 Å². The highest BCUT2D eigenvalue weighted by Crippen LogP contribution is 2.17. The molecular weight excluding hydrogens is 320 g/mol. The van der Waals surface area contributed by atoms with Crippen LogP contribution in [-0.4, -0.2) is 37.2 Å². The van der Waals surface area contributed by atoms with E-state index in [9.17, 15) is 4.79 Å². The molecule has 110 valence electrons. The average molecular weight is 341 g/mol. The van der Waals surface area contributed by atoms with Crippen LogP contribution in [0, 0.1) is 0 Å². The number of benzene rings is 1. The molecule has 2 N–H and O–H groups in total. The van der Waals surface area contributed by atoms with Crippen LogP contribution in [0.2, 0.25) is 0 Å². The first-order valence-electron chi connectivity index (χ1n) is 6.96. The molecule has 3 atom stereocenters. The number of morpholine rings is 1. The van der Waals surface area contributed by atoms with Crippen LogP contribution in [-0.2, 0) is 16.0 Å². The third kappa shape index (κ3) is 4.04. The maximum Gasteiger partial charge on any atom is 0.240 e. The van der Waals surface area contributed by atoms with Gasteiger partial charge in [0.05, 0.1) is 12.7 Å². The Kier molecular flexibility index (Phi) is 5.57. The maximum atomic E-state index is 12.2. The van der Waals surface area contributed by atoms with Crippen molar-refractivity contribution in [1.82, 2.24) is 10.6 Å². The summed E-state index contributed by atoms with van der Waals surface area (Å²) in [6.45, 7) is 5.33. The molecule has 4 nitrogen and oxygen atoms in total. The lowest BCUT2D eigenvalue weighted by Gasteiger charge is -2.30. The lowest BCUT2D eigenvalue weighted by atomic mass is 10.1. The number of carbonyl (C=O) groups excluding carboxylic acids is 1. The molecule has 0 aromatic heterocycles. The molecule has 0 spiro atoms. The average Bonchev–Trinajstić information content (AvgIpc) is 2.41. The summed E-state index contributed by atoms with van der Waals surface area (Å²) >= 11 is 3.53. The number of carbonyl (C=O) groups is 1. The smallest absolute Gasteiger partial charge is 0.240 e. The topological polar surface area (TPSA) is 50.4 Å². The lowest BCUT2D eigenvalue weighted by molar-refractivity contribution is -0.129. The van der Waals surface area contributed by atoms with Crippen molar-refractivity contribution in [3.8, 4) is 0 Å². The molecule has 1 aliphatic rings. The van der Waals surface area contributed by atoms with Crippen LogP contribution in [0.5, 0.6) is 0 Å². The van der Waals surface area contributed by atoms with Crippen LogP contribution in [0.3, 0.4) is 0 Å². The van der Waals surface area contributed by atoms with E-state index in [1.165, 1.54) is 5.56 Å². The highest BCUT2D eigenvalue weighted by molar-refractivity contribution is 9.10. The molecule has 0 aliphatic carbocycles. The second kappa shape index (κ2) is 7.20. The number of hydrogen-bond acceptors (Lipinski definition) is 3. The van der Waals surface area contributed by atoms with E-state index in [-0.39, 0.29) is 24.1 Å². The van der Waals surface area contributed by atoms with E-state index in [1.807, 2.05) is 32.0 Å². The van der Waals surface area contributed by atoms with Crippen molar-refractivity contribution in [2.24, 2.45) is 0 Å². The minimum absolute atomic E-state index is 0.0109. The molecule has 1 unspecified atom stereocenters. The third-order valence-corrected chi connectivity index (χ3v) is 4.25. The van der Waals surface area contributed by atoms with Gasteiger partial charge >= 0.3 is 0 Å². The number of rotatable bonds is 4. The maximum absolute atomic E-state index is 12.2. The van der Waals surface area contributed by atoms with Crippen LogP contribution in [0.4, 0.5) is 0 Å². The summed E-state index contributed by atoms with van der Waals surface area (Å²) in [7, 11) is 0. The van der Waals surface area contributed by atoms with Gasteiger partial charge in [0.1, 0.15) is 6.04 Å². The molecule has 1 aromatic rings. The Morgan fingerprint density at radius 2 is 2.30 bits per heavy atom. The van der Waals surface area contributed by atoms with E-state index >= 15 is 0 Å². The first-order valence-corrected chi connectivity index (χ1v) is 7.76. The van der Waals surface area contributed by atoms with Crippen molar-refractivity contribution < 1.29 is 9.53 Å². The first-order chi connectivity index (χ1) is 9.58. The predicted octanol–water partition coefficient (Wildman–Crippen LogP) is 1.87. The molecule has 2 rings (SSSR count). The molecule has 1 aliphatic heterocycles. The largest absolute Gasteiger partial charge is 0.375 e. The Morgan fingerprint density at radius 3 is 3.00 bits per heavy atom. The molecular formula is C15H21BrN2O2. The third-order valence-electron chi connectivity index (χ3n) is 3.47. The molecule has 1 fully saturated rings. The fraction of sp³-hybridized carbons (Fsp3) is 0.533.